The first-order chi connectivity index (χ1) is 8.11. The van der Waals surface area contributed by atoms with E-state index in [0.29, 0.717) is 0 Å². The summed E-state index contributed by atoms with van der Waals surface area (Å²) in [6.45, 7) is 7.09. The van der Waals surface area contributed by atoms with Crippen molar-refractivity contribution in [2.75, 3.05) is 0 Å². The first kappa shape index (κ1) is 17.6. The Labute approximate surface area is 124 Å². The molecule has 0 heterocycles. The molecule has 1 aliphatic rings. The molecule has 2 heteroatoms. The smallest absolute Gasteiger partial charge is 0.0147 e. The molecule has 0 nitrogen and oxygen atoms in total. The Bertz CT molecular complexity index is 316. The van der Waals surface area contributed by atoms with Crippen LogP contribution in [0.2, 0.25) is 19.6 Å². The van der Waals surface area contributed by atoms with Gasteiger partial charge in [-0.3, -0.25) is 0 Å². The third-order valence-electron chi connectivity index (χ3n) is 2.86. The maximum atomic E-state index is 2.36. The van der Waals surface area contributed by atoms with Crippen molar-refractivity contribution in [1.82, 2.24) is 0 Å². The Morgan fingerprint density at radius 2 is 1.06 bits per heavy atom. The predicted octanol–water partition coefficient (Wildman–Crippen LogP) is 4.62. The first-order valence-corrected chi connectivity index (χ1v) is 10.1. The van der Waals surface area contributed by atoms with Crippen LogP contribution in [0.5, 0.6) is 0 Å². The summed E-state index contributed by atoms with van der Waals surface area (Å²) in [4.78, 5) is 0. The number of rotatable bonds is 1. The van der Waals surface area contributed by atoms with Gasteiger partial charge in [0.1, 0.15) is 0 Å². The van der Waals surface area contributed by atoms with Gasteiger partial charge in [0.05, 0.1) is 0 Å². The number of allylic oxidation sites excluding steroid dienone is 4. The standard InChI is InChI=1S/C8H13Si.C8H12.Co/c1-9(2,3)8-6-4-5-7-8;1-2-4-6-8-7-5-3-1;/h4-7H,1-3H3;1-2,7-8H,3-6H2;/q-1;;/b;2-1-,8-7?;. The molecule has 0 amide bonds. The van der Waals surface area contributed by atoms with Gasteiger partial charge in [0.2, 0.25) is 0 Å². The van der Waals surface area contributed by atoms with E-state index in [0.717, 1.165) is 0 Å². The van der Waals surface area contributed by atoms with Crippen LogP contribution in [0.15, 0.2) is 48.6 Å². The maximum Gasteiger partial charge on any atom is 0.0147 e. The van der Waals surface area contributed by atoms with Gasteiger partial charge >= 0.3 is 0 Å². The van der Waals surface area contributed by atoms with Gasteiger partial charge in [-0.2, -0.15) is 17.3 Å². The van der Waals surface area contributed by atoms with Crippen LogP contribution in [-0.2, 0) is 16.8 Å². The molecule has 0 atom stereocenters. The molecule has 18 heavy (non-hydrogen) atoms. The van der Waals surface area contributed by atoms with Crippen molar-refractivity contribution >= 4 is 13.3 Å². The third-order valence-corrected chi connectivity index (χ3v) is 4.93. The van der Waals surface area contributed by atoms with Gasteiger partial charge in [-0.25, -0.2) is 12.1 Å². The van der Waals surface area contributed by atoms with E-state index in [1.165, 1.54) is 25.7 Å². The summed E-state index contributed by atoms with van der Waals surface area (Å²) in [7, 11) is -0.981. The molecular formula is C16H25CoSi-. The van der Waals surface area contributed by atoms with Crippen LogP contribution in [0.1, 0.15) is 25.7 Å². The van der Waals surface area contributed by atoms with E-state index < -0.39 is 8.07 Å². The van der Waals surface area contributed by atoms with Gasteiger partial charge in [-0.1, -0.05) is 43.9 Å². The topological polar surface area (TPSA) is 0 Å². The van der Waals surface area contributed by atoms with Crippen molar-refractivity contribution < 1.29 is 16.8 Å². The van der Waals surface area contributed by atoms with Crippen molar-refractivity contribution in [2.24, 2.45) is 0 Å². The molecule has 0 bridgehead atoms. The Hall–Kier alpha value is -0.447. The Morgan fingerprint density at radius 1 is 0.722 bits per heavy atom. The minimum atomic E-state index is -0.981. The minimum absolute atomic E-state index is 0. The van der Waals surface area contributed by atoms with E-state index >= 15 is 0 Å². The summed E-state index contributed by atoms with van der Waals surface area (Å²) < 4.78 is 0. The van der Waals surface area contributed by atoms with E-state index in [4.69, 9.17) is 0 Å². The molecular weight excluding hydrogens is 279 g/mol. The molecule has 1 aromatic carbocycles. The van der Waals surface area contributed by atoms with Gasteiger partial charge in [-0.05, 0) is 25.7 Å². The fourth-order valence-corrected chi connectivity index (χ4v) is 2.92. The second-order valence-corrected chi connectivity index (χ2v) is 10.6. The molecule has 0 saturated heterocycles. The summed E-state index contributed by atoms with van der Waals surface area (Å²) in [5.74, 6) is 0. The molecule has 103 valence electrons. The van der Waals surface area contributed by atoms with E-state index in [1.54, 1.807) is 5.19 Å². The predicted molar refractivity (Wildman–Crippen MR) is 81.8 cm³/mol. The summed E-state index contributed by atoms with van der Waals surface area (Å²) in [5, 5.41) is 1.56. The largest absolute Gasteiger partial charge is 0.214 e. The molecule has 0 unspecified atom stereocenters. The van der Waals surface area contributed by atoms with E-state index in [-0.39, 0.29) is 16.8 Å². The monoisotopic (exact) mass is 304 g/mol. The van der Waals surface area contributed by atoms with Gasteiger partial charge < -0.3 is 0 Å². The molecule has 0 aliphatic heterocycles. The van der Waals surface area contributed by atoms with Crippen LogP contribution < -0.4 is 5.19 Å². The molecule has 1 aliphatic carbocycles. The SMILES string of the molecule is C1=CCC/C=C\CC1.C[Si](C)(C)[c-]1cccc1.[Co]. The maximum absolute atomic E-state index is 2.36. The zero-order chi connectivity index (χ0) is 12.6. The van der Waals surface area contributed by atoms with Crippen LogP contribution >= 0.6 is 0 Å². The van der Waals surface area contributed by atoms with Gasteiger partial charge in [-0.15, -0.1) is 0 Å². The van der Waals surface area contributed by atoms with Crippen molar-refractivity contribution in [3.05, 3.63) is 48.6 Å². The Balaban J connectivity index is 0.000000306. The fourth-order valence-electron chi connectivity index (χ4n) is 1.73. The average molecular weight is 304 g/mol. The summed E-state index contributed by atoms with van der Waals surface area (Å²) in [6.07, 6.45) is 14.0. The van der Waals surface area contributed by atoms with Crippen molar-refractivity contribution in [2.45, 2.75) is 45.3 Å². The van der Waals surface area contributed by atoms with Crippen LogP contribution in [0.3, 0.4) is 0 Å². The Kier molecular flexibility index (Phi) is 9.24. The summed E-state index contributed by atoms with van der Waals surface area (Å²) in [5.41, 5.74) is 0. The second-order valence-electron chi connectivity index (χ2n) is 5.52. The van der Waals surface area contributed by atoms with Crippen molar-refractivity contribution in [3.8, 4) is 0 Å². The van der Waals surface area contributed by atoms with Crippen LogP contribution in [-0.4, -0.2) is 8.07 Å². The molecule has 0 fully saturated rings. The third kappa shape index (κ3) is 7.80. The number of hydrogen-bond donors (Lipinski definition) is 0. The zero-order valence-corrected chi connectivity index (χ0v) is 13.8. The van der Waals surface area contributed by atoms with Gasteiger partial charge in [0.15, 0.2) is 0 Å². The second kappa shape index (κ2) is 9.48. The van der Waals surface area contributed by atoms with Crippen molar-refractivity contribution in [3.63, 3.8) is 0 Å². The van der Waals surface area contributed by atoms with Crippen LogP contribution in [0, 0.1) is 0 Å². The molecule has 0 aromatic heterocycles. The van der Waals surface area contributed by atoms with E-state index in [1.807, 2.05) is 0 Å². The Morgan fingerprint density at radius 3 is 1.28 bits per heavy atom. The van der Waals surface area contributed by atoms with Gasteiger partial charge in [0, 0.05) is 24.9 Å². The first-order valence-electron chi connectivity index (χ1n) is 6.63. The normalized spacial score (nSPS) is 16.6. The van der Waals surface area contributed by atoms with Gasteiger partial charge in [0.25, 0.3) is 0 Å². The quantitative estimate of drug-likeness (QED) is 0.403. The molecule has 1 radical (unpaired) electrons. The molecule has 0 saturated carbocycles. The van der Waals surface area contributed by atoms with Crippen LogP contribution in [0.4, 0.5) is 0 Å². The van der Waals surface area contributed by atoms with E-state index in [2.05, 4.69) is 68.2 Å². The van der Waals surface area contributed by atoms with E-state index in [9.17, 15) is 0 Å². The molecule has 0 N–H and O–H groups in total. The minimum Gasteiger partial charge on any atom is -0.214 e. The fraction of sp³-hybridized carbons (Fsp3) is 0.438. The number of hydrogen-bond acceptors (Lipinski definition) is 0. The van der Waals surface area contributed by atoms with Crippen molar-refractivity contribution in [1.29, 1.82) is 0 Å². The molecule has 1 aromatic rings. The summed E-state index contributed by atoms with van der Waals surface area (Å²) in [6, 6.07) is 8.69. The van der Waals surface area contributed by atoms with Crippen LogP contribution in [0.25, 0.3) is 0 Å². The molecule has 2 rings (SSSR count). The molecule has 0 spiro atoms. The average Bonchev–Trinajstić information content (AvgIpc) is 2.68. The zero-order valence-electron chi connectivity index (χ0n) is 11.8. The summed E-state index contributed by atoms with van der Waals surface area (Å²) >= 11 is 0.